The number of anilines is 1. The van der Waals surface area contributed by atoms with Crippen LogP contribution < -0.4 is 4.90 Å². The molecular weight excluding hydrogens is 352 g/mol. The summed E-state index contributed by atoms with van der Waals surface area (Å²) in [6, 6.07) is 3.19. The van der Waals surface area contributed by atoms with Gasteiger partial charge in [0, 0.05) is 6.20 Å². The van der Waals surface area contributed by atoms with Gasteiger partial charge < -0.3 is 9.47 Å². The Kier molecular flexibility index (Phi) is 5.56. The number of hydrogen-bond donors (Lipinski definition) is 0. The summed E-state index contributed by atoms with van der Waals surface area (Å²) < 4.78 is 10.9. The van der Waals surface area contributed by atoms with Crippen molar-refractivity contribution in [3.63, 3.8) is 0 Å². The van der Waals surface area contributed by atoms with Crippen LogP contribution in [0.5, 0.6) is 0 Å². The van der Waals surface area contributed by atoms with Crippen molar-refractivity contribution in [3.8, 4) is 0 Å². The SMILES string of the molecule is CC(C)(C)OC(=O)N(C(=O)OC(C)(C)C)c1cccnc1Br. The van der Waals surface area contributed by atoms with Gasteiger partial charge in [-0.05, 0) is 69.6 Å². The lowest BCUT2D eigenvalue weighted by atomic mass is 10.2. The molecule has 0 radical (unpaired) electrons. The molecule has 0 aliphatic carbocycles. The number of aromatic nitrogens is 1. The molecule has 0 fully saturated rings. The second kappa shape index (κ2) is 6.64. The highest BCUT2D eigenvalue weighted by Gasteiger charge is 2.33. The number of carbonyl (C=O) groups is 2. The first-order valence-corrected chi connectivity index (χ1v) is 7.56. The molecular formula is C15H21BrN2O4. The smallest absolute Gasteiger partial charge is 0.424 e. The minimum atomic E-state index is -0.824. The molecule has 0 saturated heterocycles. The Morgan fingerprint density at radius 2 is 1.50 bits per heavy atom. The second-order valence-corrected chi connectivity index (χ2v) is 7.36. The van der Waals surface area contributed by atoms with E-state index in [0.29, 0.717) is 4.60 Å². The van der Waals surface area contributed by atoms with E-state index in [0.717, 1.165) is 4.90 Å². The molecule has 1 aromatic heterocycles. The van der Waals surface area contributed by atoms with Gasteiger partial charge in [0.15, 0.2) is 0 Å². The van der Waals surface area contributed by atoms with E-state index in [1.54, 1.807) is 53.7 Å². The quantitative estimate of drug-likeness (QED) is 0.677. The zero-order valence-electron chi connectivity index (χ0n) is 13.6. The lowest BCUT2D eigenvalue weighted by Crippen LogP contribution is -2.44. The van der Waals surface area contributed by atoms with E-state index in [2.05, 4.69) is 20.9 Å². The molecule has 0 N–H and O–H groups in total. The number of pyridine rings is 1. The average molecular weight is 373 g/mol. The number of amides is 2. The zero-order valence-corrected chi connectivity index (χ0v) is 15.2. The molecule has 1 heterocycles. The number of halogens is 1. The third-order valence-electron chi connectivity index (χ3n) is 2.13. The maximum atomic E-state index is 12.4. The van der Waals surface area contributed by atoms with Gasteiger partial charge >= 0.3 is 12.2 Å². The lowest BCUT2D eigenvalue weighted by molar-refractivity contribution is 0.0430. The third-order valence-corrected chi connectivity index (χ3v) is 2.74. The highest BCUT2D eigenvalue weighted by molar-refractivity contribution is 9.10. The van der Waals surface area contributed by atoms with Crippen LogP contribution in [0.3, 0.4) is 0 Å². The predicted molar refractivity (Wildman–Crippen MR) is 86.9 cm³/mol. The van der Waals surface area contributed by atoms with Crippen LogP contribution in [-0.4, -0.2) is 28.4 Å². The summed E-state index contributed by atoms with van der Waals surface area (Å²) in [7, 11) is 0. The number of imide groups is 1. The van der Waals surface area contributed by atoms with Crippen LogP contribution in [0.1, 0.15) is 41.5 Å². The first kappa shape index (κ1) is 18.4. The number of hydrogen-bond acceptors (Lipinski definition) is 5. The summed E-state index contributed by atoms with van der Waals surface area (Å²) in [6.07, 6.45) is -0.110. The molecule has 0 bridgehead atoms. The van der Waals surface area contributed by atoms with Crippen LogP contribution in [0.25, 0.3) is 0 Å². The molecule has 0 aliphatic heterocycles. The van der Waals surface area contributed by atoms with Gasteiger partial charge in [0.2, 0.25) is 0 Å². The Balaban J connectivity index is 3.19. The fraction of sp³-hybridized carbons (Fsp3) is 0.533. The first-order chi connectivity index (χ1) is 9.91. The largest absolute Gasteiger partial charge is 0.443 e. The highest BCUT2D eigenvalue weighted by Crippen LogP contribution is 2.27. The Hall–Kier alpha value is -1.63. The van der Waals surface area contributed by atoms with Gasteiger partial charge in [0.25, 0.3) is 0 Å². The summed E-state index contributed by atoms with van der Waals surface area (Å²) in [5.74, 6) is 0. The summed E-state index contributed by atoms with van der Waals surface area (Å²) in [5, 5.41) is 0. The fourth-order valence-corrected chi connectivity index (χ4v) is 1.86. The molecule has 0 aliphatic rings. The highest BCUT2D eigenvalue weighted by atomic mass is 79.9. The van der Waals surface area contributed by atoms with Crippen molar-refractivity contribution >= 4 is 33.8 Å². The van der Waals surface area contributed by atoms with Crippen LogP contribution in [0.15, 0.2) is 22.9 Å². The van der Waals surface area contributed by atoms with E-state index in [9.17, 15) is 9.59 Å². The van der Waals surface area contributed by atoms with Crippen LogP contribution in [0.2, 0.25) is 0 Å². The monoisotopic (exact) mass is 372 g/mol. The Morgan fingerprint density at radius 3 is 1.86 bits per heavy atom. The lowest BCUT2D eigenvalue weighted by Gasteiger charge is -2.28. The summed E-state index contributed by atoms with van der Waals surface area (Å²) in [5.41, 5.74) is -1.23. The Morgan fingerprint density at radius 1 is 1.05 bits per heavy atom. The molecule has 1 aromatic rings. The number of ether oxygens (including phenoxy) is 2. The van der Waals surface area contributed by atoms with Gasteiger partial charge in [-0.2, -0.15) is 4.90 Å². The second-order valence-electron chi connectivity index (χ2n) is 6.61. The molecule has 0 unspecified atom stereocenters. The van der Waals surface area contributed by atoms with E-state index >= 15 is 0 Å². The van der Waals surface area contributed by atoms with Crippen molar-refractivity contribution < 1.29 is 19.1 Å². The zero-order chi connectivity index (χ0) is 17.1. The minimum Gasteiger partial charge on any atom is -0.443 e. The third kappa shape index (κ3) is 5.63. The van der Waals surface area contributed by atoms with Crippen LogP contribution in [0.4, 0.5) is 15.3 Å². The normalized spacial score (nSPS) is 11.8. The van der Waals surface area contributed by atoms with E-state index < -0.39 is 23.4 Å². The van der Waals surface area contributed by atoms with E-state index in [1.165, 1.54) is 6.20 Å². The van der Waals surface area contributed by atoms with Crippen LogP contribution >= 0.6 is 15.9 Å². The minimum absolute atomic E-state index is 0.256. The maximum absolute atomic E-state index is 12.4. The van der Waals surface area contributed by atoms with E-state index in [-0.39, 0.29) is 5.69 Å². The van der Waals surface area contributed by atoms with Gasteiger partial charge in [0.05, 0.1) is 5.69 Å². The molecule has 2 amide bonds. The van der Waals surface area contributed by atoms with Crippen molar-refractivity contribution in [1.29, 1.82) is 0 Å². The molecule has 6 nitrogen and oxygen atoms in total. The summed E-state index contributed by atoms with van der Waals surface area (Å²) in [6.45, 7) is 10.3. The van der Waals surface area contributed by atoms with Gasteiger partial charge in [-0.15, -0.1) is 0 Å². The molecule has 0 atom stereocenters. The molecule has 7 heteroatoms. The Bertz CT molecular complexity index is 533. The van der Waals surface area contributed by atoms with Crippen molar-refractivity contribution in [2.75, 3.05) is 4.90 Å². The molecule has 122 valence electrons. The van der Waals surface area contributed by atoms with Crippen molar-refractivity contribution in [1.82, 2.24) is 4.98 Å². The van der Waals surface area contributed by atoms with Gasteiger partial charge in [-0.1, -0.05) is 0 Å². The number of rotatable bonds is 1. The molecule has 0 saturated carbocycles. The topological polar surface area (TPSA) is 68.7 Å². The molecule has 22 heavy (non-hydrogen) atoms. The van der Waals surface area contributed by atoms with Gasteiger partial charge in [0.1, 0.15) is 15.8 Å². The maximum Gasteiger partial charge on any atom is 0.424 e. The molecule has 0 spiro atoms. The summed E-state index contributed by atoms with van der Waals surface area (Å²) >= 11 is 3.22. The van der Waals surface area contributed by atoms with Crippen LogP contribution in [0, 0.1) is 0 Å². The molecule has 0 aromatic carbocycles. The van der Waals surface area contributed by atoms with Crippen molar-refractivity contribution in [2.45, 2.75) is 52.7 Å². The van der Waals surface area contributed by atoms with E-state index in [1.807, 2.05) is 0 Å². The van der Waals surface area contributed by atoms with Crippen molar-refractivity contribution in [3.05, 3.63) is 22.9 Å². The average Bonchev–Trinajstić information content (AvgIpc) is 2.27. The number of nitrogens with zero attached hydrogens (tertiary/aromatic N) is 2. The standard InChI is InChI=1S/C15H21BrN2O4/c1-14(2,3)21-12(19)18(13(20)22-15(4,5)6)10-8-7-9-17-11(10)16/h7-9H,1-6H3. The Labute approximate surface area is 138 Å². The van der Waals surface area contributed by atoms with Crippen molar-refractivity contribution in [2.24, 2.45) is 0 Å². The van der Waals surface area contributed by atoms with Crippen LogP contribution in [-0.2, 0) is 9.47 Å². The van der Waals surface area contributed by atoms with E-state index in [4.69, 9.17) is 9.47 Å². The predicted octanol–water partition coefficient (Wildman–Crippen LogP) is 4.52. The fourth-order valence-electron chi connectivity index (χ4n) is 1.43. The van der Waals surface area contributed by atoms with Gasteiger partial charge in [-0.25, -0.2) is 14.6 Å². The molecule has 1 rings (SSSR count). The first-order valence-electron chi connectivity index (χ1n) is 6.77. The summed E-state index contributed by atoms with van der Waals surface area (Å²) in [4.78, 5) is 29.6. The van der Waals surface area contributed by atoms with Gasteiger partial charge in [-0.3, -0.25) is 0 Å². The number of carbonyl (C=O) groups excluding carboxylic acids is 2.